The molecule has 0 bridgehead atoms. The number of benzene rings is 1. The molecule has 1 atom stereocenters. The summed E-state index contributed by atoms with van der Waals surface area (Å²) >= 11 is 0.802. The highest BCUT2D eigenvalue weighted by Crippen LogP contribution is 2.37. The van der Waals surface area contributed by atoms with Crippen LogP contribution in [0.5, 0.6) is 5.75 Å². The van der Waals surface area contributed by atoms with E-state index >= 15 is 0 Å². The molecular formula is C15H14F3NO3S. The maximum atomic E-state index is 13.1. The van der Waals surface area contributed by atoms with Crippen molar-refractivity contribution in [2.45, 2.75) is 26.1 Å². The zero-order valence-electron chi connectivity index (χ0n) is 12.4. The largest absolute Gasteiger partial charge is 0.494 e. The van der Waals surface area contributed by atoms with Crippen LogP contribution < -0.4 is 4.74 Å². The zero-order chi connectivity index (χ0) is 17.0. The molecule has 0 aliphatic heterocycles. The van der Waals surface area contributed by atoms with Gasteiger partial charge in [-0.3, -0.25) is 0 Å². The molecule has 2 aromatic rings. The van der Waals surface area contributed by atoms with E-state index in [1.165, 1.54) is 29.6 Å². The molecule has 0 amide bonds. The summed E-state index contributed by atoms with van der Waals surface area (Å²) in [6, 6.07) is 5.70. The van der Waals surface area contributed by atoms with Crippen molar-refractivity contribution in [3.8, 4) is 5.75 Å². The third-order valence-electron chi connectivity index (χ3n) is 2.78. The average molecular weight is 345 g/mol. The number of carbonyl (C=O) groups excluding carboxylic acids is 1. The molecule has 0 aliphatic rings. The lowest BCUT2D eigenvalue weighted by Crippen LogP contribution is -2.26. The number of ether oxygens (including phenoxy) is 2. The lowest BCUT2D eigenvalue weighted by molar-refractivity contribution is -0.207. The first-order valence-corrected chi connectivity index (χ1v) is 7.61. The van der Waals surface area contributed by atoms with Gasteiger partial charge < -0.3 is 9.47 Å². The summed E-state index contributed by atoms with van der Waals surface area (Å²) in [4.78, 5) is 15.7. The third kappa shape index (κ3) is 4.44. The Morgan fingerprint density at radius 3 is 2.43 bits per heavy atom. The van der Waals surface area contributed by atoms with Gasteiger partial charge in [0, 0.05) is 11.1 Å². The predicted octanol–water partition coefficient (Wildman–Crippen LogP) is 4.31. The number of esters is 1. The van der Waals surface area contributed by atoms with Crippen LogP contribution >= 0.6 is 11.3 Å². The number of aromatic nitrogens is 1. The maximum Gasteiger partial charge on any atom is 0.432 e. The highest BCUT2D eigenvalue weighted by Gasteiger charge is 2.46. The van der Waals surface area contributed by atoms with Gasteiger partial charge in [0.05, 0.1) is 12.2 Å². The quantitative estimate of drug-likeness (QED) is 0.758. The van der Waals surface area contributed by atoms with Crippen molar-refractivity contribution >= 4 is 17.3 Å². The van der Waals surface area contributed by atoms with E-state index in [9.17, 15) is 18.0 Å². The fraction of sp³-hybridized carbons (Fsp3) is 0.333. The normalized spacial score (nSPS) is 12.7. The van der Waals surface area contributed by atoms with Crippen molar-refractivity contribution < 1.29 is 27.4 Å². The number of rotatable bonds is 5. The molecule has 0 aliphatic carbocycles. The minimum absolute atomic E-state index is 0.0102. The molecule has 124 valence electrons. The van der Waals surface area contributed by atoms with Gasteiger partial charge in [0.15, 0.2) is 0 Å². The van der Waals surface area contributed by atoms with Crippen molar-refractivity contribution in [3.05, 3.63) is 45.9 Å². The van der Waals surface area contributed by atoms with E-state index in [1.54, 1.807) is 13.8 Å². The summed E-state index contributed by atoms with van der Waals surface area (Å²) in [6.45, 7) is 3.82. The van der Waals surface area contributed by atoms with E-state index in [2.05, 4.69) is 9.72 Å². The van der Waals surface area contributed by atoms with Crippen LogP contribution in [0.2, 0.25) is 0 Å². The Kier molecular flexibility index (Phi) is 5.25. The summed E-state index contributed by atoms with van der Waals surface area (Å²) < 4.78 is 49.2. The van der Waals surface area contributed by atoms with E-state index in [0.717, 1.165) is 11.3 Å². The first-order valence-electron chi connectivity index (χ1n) is 6.74. The number of carbonyl (C=O) groups is 1. The van der Waals surface area contributed by atoms with E-state index < -0.39 is 18.2 Å². The van der Waals surface area contributed by atoms with Crippen LogP contribution in [0.25, 0.3) is 0 Å². The molecule has 1 heterocycles. The second-order valence-electron chi connectivity index (χ2n) is 4.61. The average Bonchev–Trinajstić information content (AvgIpc) is 2.90. The first-order chi connectivity index (χ1) is 10.8. The van der Waals surface area contributed by atoms with E-state index in [4.69, 9.17) is 4.74 Å². The number of alkyl halides is 3. The standard InChI is InChI=1S/C15H14F3NO3S/c1-3-21-11-6-4-10(5-7-11)14(20)22-12(15(16,17)18)13-19-9(2)8-23-13/h4-8,12H,3H2,1-2H3. The summed E-state index contributed by atoms with van der Waals surface area (Å²) in [5.41, 5.74) is 0.451. The van der Waals surface area contributed by atoms with Crippen molar-refractivity contribution in [2.24, 2.45) is 0 Å². The van der Waals surface area contributed by atoms with Crippen LogP contribution in [0.1, 0.15) is 34.1 Å². The molecule has 0 saturated carbocycles. The van der Waals surface area contributed by atoms with Gasteiger partial charge in [0.2, 0.25) is 6.10 Å². The predicted molar refractivity (Wildman–Crippen MR) is 78.7 cm³/mol. The number of hydrogen-bond donors (Lipinski definition) is 0. The molecule has 0 fully saturated rings. The lowest BCUT2D eigenvalue weighted by atomic mass is 10.2. The van der Waals surface area contributed by atoms with Gasteiger partial charge in [-0.15, -0.1) is 11.3 Å². The third-order valence-corrected chi connectivity index (χ3v) is 3.79. The van der Waals surface area contributed by atoms with Gasteiger partial charge in [-0.2, -0.15) is 13.2 Å². The van der Waals surface area contributed by atoms with Crippen LogP contribution in [0.3, 0.4) is 0 Å². The number of aryl methyl sites for hydroxylation is 1. The molecule has 8 heteroatoms. The highest BCUT2D eigenvalue weighted by molar-refractivity contribution is 7.09. The maximum absolute atomic E-state index is 13.1. The molecule has 0 N–H and O–H groups in total. The molecule has 0 spiro atoms. The molecule has 2 rings (SSSR count). The molecular weight excluding hydrogens is 331 g/mol. The SMILES string of the molecule is CCOc1ccc(C(=O)OC(c2nc(C)cs2)C(F)(F)F)cc1. The van der Waals surface area contributed by atoms with E-state index in [-0.39, 0.29) is 10.6 Å². The fourth-order valence-electron chi connectivity index (χ4n) is 1.78. The van der Waals surface area contributed by atoms with E-state index in [0.29, 0.717) is 18.1 Å². The van der Waals surface area contributed by atoms with Crippen LogP contribution in [-0.2, 0) is 4.74 Å². The Morgan fingerprint density at radius 1 is 1.30 bits per heavy atom. The number of thiazole rings is 1. The summed E-state index contributed by atoms with van der Waals surface area (Å²) in [6.07, 6.45) is -7.11. The lowest BCUT2D eigenvalue weighted by Gasteiger charge is -2.18. The Morgan fingerprint density at radius 2 is 1.96 bits per heavy atom. The zero-order valence-corrected chi connectivity index (χ0v) is 13.2. The Hall–Kier alpha value is -2.09. The second-order valence-corrected chi connectivity index (χ2v) is 5.50. The molecule has 0 radical (unpaired) electrons. The molecule has 1 aromatic heterocycles. The molecule has 1 aromatic carbocycles. The van der Waals surface area contributed by atoms with Gasteiger partial charge in [0.25, 0.3) is 0 Å². The molecule has 1 unspecified atom stereocenters. The Bertz CT molecular complexity index is 667. The van der Waals surface area contributed by atoms with Crippen LogP contribution in [0.15, 0.2) is 29.6 Å². The summed E-state index contributed by atoms with van der Waals surface area (Å²) in [5.74, 6) is -0.546. The second kappa shape index (κ2) is 6.99. The van der Waals surface area contributed by atoms with Crippen molar-refractivity contribution in [3.63, 3.8) is 0 Å². The topological polar surface area (TPSA) is 48.4 Å². The smallest absolute Gasteiger partial charge is 0.432 e. The monoisotopic (exact) mass is 345 g/mol. The Labute approximate surface area is 134 Å². The van der Waals surface area contributed by atoms with Crippen molar-refractivity contribution in [1.82, 2.24) is 4.98 Å². The molecule has 4 nitrogen and oxygen atoms in total. The minimum Gasteiger partial charge on any atom is -0.494 e. The fourth-order valence-corrected chi connectivity index (χ4v) is 2.62. The van der Waals surface area contributed by atoms with E-state index in [1.807, 2.05) is 0 Å². The van der Waals surface area contributed by atoms with Gasteiger partial charge in [0.1, 0.15) is 10.8 Å². The van der Waals surface area contributed by atoms with Gasteiger partial charge in [-0.05, 0) is 38.1 Å². The minimum atomic E-state index is -4.73. The highest BCUT2D eigenvalue weighted by atomic mass is 32.1. The molecule has 0 saturated heterocycles. The number of nitrogens with zero attached hydrogens (tertiary/aromatic N) is 1. The molecule has 23 heavy (non-hydrogen) atoms. The van der Waals surface area contributed by atoms with Gasteiger partial charge in [-0.1, -0.05) is 0 Å². The van der Waals surface area contributed by atoms with Crippen LogP contribution in [0, 0.1) is 6.92 Å². The summed E-state index contributed by atoms with van der Waals surface area (Å²) in [5, 5.41) is 1.17. The van der Waals surface area contributed by atoms with Crippen LogP contribution in [-0.4, -0.2) is 23.7 Å². The van der Waals surface area contributed by atoms with Crippen LogP contribution in [0.4, 0.5) is 13.2 Å². The van der Waals surface area contributed by atoms with Gasteiger partial charge >= 0.3 is 12.1 Å². The Balaban J connectivity index is 2.17. The van der Waals surface area contributed by atoms with Gasteiger partial charge in [-0.25, -0.2) is 9.78 Å². The first kappa shape index (κ1) is 17.3. The van der Waals surface area contributed by atoms with Crippen molar-refractivity contribution in [2.75, 3.05) is 6.61 Å². The summed E-state index contributed by atoms with van der Waals surface area (Å²) in [7, 11) is 0. The number of hydrogen-bond acceptors (Lipinski definition) is 5. The van der Waals surface area contributed by atoms with Crippen molar-refractivity contribution in [1.29, 1.82) is 0 Å². The number of halogens is 3.